The molecule has 3 aromatic rings. The lowest BCUT2D eigenvalue weighted by Gasteiger charge is -2.19. The van der Waals surface area contributed by atoms with Gasteiger partial charge >= 0.3 is 0 Å². The highest BCUT2D eigenvalue weighted by Crippen LogP contribution is 2.33. The normalized spacial score (nSPS) is 16.1. The van der Waals surface area contributed by atoms with Gasteiger partial charge in [0.05, 0.1) is 15.8 Å². The Labute approximate surface area is 209 Å². The molecule has 10 heteroatoms. The zero-order valence-electron chi connectivity index (χ0n) is 19.3. The molecule has 1 unspecified atom stereocenters. The second kappa shape index (κ2) is 11.0. The van der Waals surface area contributed by atoms with Crippen LogP contribution in [0.4, 0.5) is 11.5 Å². The second-order valence-corrected chi connectivity index (χ2v) is 9.00. The van der Waals surface area contributed by atoms with Crippen LogP contribution >= 0.6 is 23.2 Å². The SMILES string of the molecule is CCC1CCN(c2ccc(C(=N)c3cc(O[C@H](C)c4c(Cl)cncc4Cl)ccc3N)nn2)C1.N. The molecule has 8 nitrogen and oxygen atoms in total. The van der Waals surface area contributed by atoms with Crippen LogP contribution in [0.1, 0.15) is 49.6 Å². The summed E-state index contributed by atoms with van der Waals surface area (Å²) in [5.74, 6) is 2.08. The van der Waals surface area contributed by atoms with Crippen molar-refractivity contribution < 1.29 is 4.74 Å². The molecule has 0 spiro atoms. The van der Waals surface area contributed by atoms with Crippen LogP contribution < -0.4 is 21.5 Å². The number of hydrogen-bond acceptors (Lipinski definition) is 8. The quantitative estimate of drug-likeness (QED) is 0.278. The number of hydrogen-bond donors (Lipinski definition) is 3. The Morgan fingerprint density at radius 2 is 1.94 bits per heavy atom. The number of halogens is 2. The summed E-state index contributed by atoms with van der Waals surface area (Å²) in [6.45, 7) is 6.05. The van der Waals surface area contributed by atoms with Crippen molar-refractivity contribution in [3.05, 3.63) is 69.6 Å². The van der Waals surface area contributed by atoms with Crippen molar-refractivity contribution in [1.29, 1.82) is 5.41 Å². The molecule has 0 amide bonds. The van der Waals surface area contributed by atoms with Gasteiger partial charge in [0.2, 0.25) is 0 Å². The Hall–Kier alpha value is -2.94. The number of rotatable bonds is 7. The first-order valence-electron chi connectivity index (χ1n) is 10.9. The van der Waals surface area contributed by atoms with Crippen molar-refractivity contribution in [3.8, 4) is 5.75 Å². The van der Waals surface area contributed by atoms with E-state index in [1.807, 2.05) is 19.1 Å². The van der Waals surface area contributed by atoms with Crippen LogP contribution in [0.25, 0.3) is 0 Å². The molecule has 0 radical (unpaired) electrons. The molecule has 1 saturated heterocycles. The van der Waals surface area contributed by atoms with Gasteiger partial charge in [0.25, 0.3) is 0 Å². The summed E-state index contributed by atoms with van der Waals surface area (Å²) < 4.78 is 6.06. The van der Waals surface area contributed by atoms with Gasteiger partial charge in [-0.15, -0.1) is 10.2 Å². The van der Waals surface area contributed by atoms with Crippen molar-refractivity contribution in [2.24, 2.45) is 5.92 Å². The average Bonchev–Trinajstić information content (AvgIpc) is 3.29. The summed E-state index contributed by atoms with van der Waals surface area (Å²) in [6, 6.07) is 8.91. The van der Waals surface area contributed by atoms with Gasteiger partial charge in [0, 0.05) is 42.3 Å². The van der Waals surface area contributed by atoms with E-state index in [2.05, 4.69) is 27.0 Å². The number of nitrogens with one attached hydrogen (secondary N) is 1. The Bertz CT molecular complexity index is 1140. The molecule has 180 valence electrons. The molecular weight excluding hydrogens is 473 g/mol. The number of anilines is 2. The Balaban J connectivity index is 0.00000324. The molecule has 1 fully saturated rings. The summed E-state index contributed by atoms with van der Waals surface area (Å²) >= 11 is 12.5. The van der Waals surface area contributed by atoms with Gasteiger partial charge in [-0.25, -0.2) is 0 Å². The first kappa shape index (κ1) is 25.7. The van der Waals surface area contributed by atoms with Crippen molar-refractivity contribution in [2.75, 3.05) is 23.7 Å². The molecule has 1 aromatic carbocycles. The molecule has 0 aliphatic carbocycles. The van der Waals surface area contributed by atoms with Crippen molar-refractivity contribution >= 4 is 40.4 Å². The monoisotopic (exact) mass is 501 g/mol. The van der Waals surface area contributed by atoms with E-state index in [0.29, 0.717) is 44.2 Å². The smallest absolute Gasteiger partial charge is 0.151 e. The highest BCUT2D eigenvalue weighted by atomic mass is 35.5. The molecule has 1 aliphatic rings. The van der Waals surface area contributed by atoms with Gasteiger partial charge in [-0.05, 0) is 49.6 Å². The third-order valence-electron chi connectivity index (χ3n) is 6.00. The summed E-state index contributed by atoms with van der Waals surface area (Å²) in [7, 11) is 0. The number of nitrogens with zero attached hydrogens (tertiary/aromatic N) is 4. The fourth-order valence-corrected chi connectivity index (χ4v) is 4.71. The van der Waals surface area contributed by atoms with Crippen molar-refractivity contribution in [1.82, 2.24) is 21.3 Å². The third-order valence-corrected chi connectivity index (χ3v) is 6.60. The number of nitrogens with two attached hydrogens (primary N) is 1. The standard InChI is InChI=1S/C24H26Cl2N6O.H3N/c1-3-15-8-9-32(13-15)22-7-6-21(30-31-22)24(28)17-10-16(4-5-20(17)27)33-14(2)23-18(25)11-29-12-19(23)26;/h4-7,10-12,14-15,28H,3,8-9,13,27H2,1-2H3;1H3/t14-,15?;/m1./s1. The maximum absolute atomic E-state index is 8.66. The Morgan fingerprint density at radius 3 is 2.56 bits per heavy atom. The molecular formula is C24H29Cl2N7O. The molecule has 0 saturated carbocycles. The zero-order valence-corrected chi connectivity index (χ0v) is 20.8. The molecule has 6 N–H and O–H groups in total. The van der Waals surface area contributed by atoms with Gasteiger partial charge in [-0.2, -0.15) is 0 Å². The van der Waals surface area contributed by atoms with Crippen LogP contribution in [0, 0.1) is 11.3 Å². The number of ether oxygens (including phenoxy) is 1. The summed E-state index contributed by atoms with van der Waals surface area (Å²) in [5, 5.41) is 18.2. The minimum atomic E-state index is -0.426. The number of aromatic nitrogens is 3. The molecule has 4 rings (SSSR count). The maximum Gasteiger partial charge on any atom is 0.151 e. The van der Waals surface area contributed by atoms with Crippen LogP contribution in [0.2, 0.25) is 10.0 Å². The molecule has 0 bridgehead atoms. The van der Waals surface area contributed by atoms with Crippen molar-refractivity contribution in [2.45, 2.75) is 32.8 Å². The van der Waals surface area contributed by atoms with E-state index in [4.69, 9.17) is 39.1 Å². The van der Waals surface area contributed by atoms with Gasteiger partial charge in [0.1, 0.15) is 17.5 Å². The van der Waals surface area contributed by atoms with Crippen LogP contribution in [0.15, 0.2) is 42.7 Å². The van der Waals surface area contributed by atoms with E-state index in [1.54, 1.807) is 18.2 Å². The molecule has 34 heavy (non-hydrogen) atoms. The average molecular weight is 502 g/mol. The van der Waals surface area contributed by atoms with Gasteiger partial charge in [-0.3, -0.25) is 10.4 Å². The predicted molar refractivity (Wildman–Crippen MR) is 138 cm³/mol. The zero-order chi connectivity index (χ0) is 23.5. The van der Waals surface area contributed by atoms with Gasteiger partial charge < -0.3 is 21.5 Å². The highest BCUT2D eigenvalue weighted by molar-refractivity contribution is 6.35. The van der Waals surface area contributed by atoms with Crippen LogP contribution in [0.3, 0.4) is 0 Å². The van der Waals surface area contributed by atoms with E-state index in [-0.39, 0.29) is 11.9 Å². The van der Waals surface area contributed by atoms with Crippen LogP contribution in [-0.4, -0.2) is 34.0 Å². The topological polar surface area (TPSA) is 136 Å². The molecule has 2 aromatic heterocycles. The number of benzene rings is 1. The molecule has 1 aliphatic heterocycles. The van der Waals surface area contributed by atoms with E-state index in [1.165, 1.54) is 25.2 Å². The number of pyridine rings is 1. The van der Waals surface area contributed by atoms with Gasteiger partial charge in [-0.1, -0.05) is 36.5 Å². The van der Waals surface area contributed by atoms with Crippen LogP contribution in [-0.2, 0) is 0 Å². The largest absolute Gasteiger partial charge is 0.486 e. The Kier molecular flexibility index (Phi) is 8.30. The lowest BCUT2D eigenvalue weighted by molar-refractivity contribution is 0.227. The highest BCUT2D eigenvalue weighted by Gasteiger charge is 2.23. The van der Waals surface area contributed by atoms with Crippen molar-refractivity contribution in [3.63, 3.8) is 0 Å². The minimum Gasteiger partial charge on any atom is -0.486 e. The fraction of sp³-hybridized carbons (Fsp3) is 0.333. The first-order chi connectivity index (χ1) is 15.9. The van der Waals surface area contributed by atoms with Crippen LogP contribution in [0.5, 0.6) is 5.75 Å². The van der Waals surface area contributed by atoms with E-state index >= 15 is 0 Å². The Morgan fingerprint density at radius 1 is 1.21 bits per heavy atom. The van der Waals surface area contributed by atoms with E-state index in [0.717, 1.165) is 18.9 Å². The summed E-state index contributed by atoms with van der Waals surface area (Å²) in [6.07, 6.45) is 4.97. The van der Waals surface area contributed by atoms with E-state index < -0.39 is 6.10 Å². The second-order valence-electron chi connectivity index (χ2n) is 8.19. The maximum atomic E-state index is 8.66. The molecule has 2 atom stereocenters. The predicted octanol–water partition coefficient (Wildman–Crippen LogP) is 5.72. The molecule has 3 heterocycles. The number of nitrogen functional groups attached to an aromatic ring is 1. The first-order valence-corrected chi connectivity index (χ1v) is 11.7. The van der Waals surface area contributed by atoms with Gasteiger partial charge in [0.15, 0.2) is 5.82 Å². The lowest BCUT2D eigenvalue weighted by atomic mass is 10.0. The minimum absolute atomic E-state index is 0. The van der Waals surface area contributed by atoms with E-state index in [9.17, 15) is 0 Å². The third kappa shape index (κ3) is 5.41. The summed E-state index contributed by atoms with van der Waals surface area (Å²) in [5.41, 5.74) is 8.42. The lowest BCUT2D eigenvalue weighted by Crippen LogP contribution is -2.21. The fourth-order valence-electron chi connectivity index (χ4n) is 4.04. The summed E-state index contributed by atoms with van der Waals surface area (Å²) in [4.78, 5) is 6.22.